The van der Waals surface area contributed by atoms with E-state index in [1.807, 2.05) is 92.7 Å². The number of aromatic nitrogens is 1. The molecule has 0 aliphatic heterocycles. The van der Waals surface area contributed by atoms with E-state index in [0.29, 0.717) is 16.1 Å². The molecular weight excluding hydrogens is 440 g/mol. The number of thiophene rings is 1. The monoisotopic (exact) mass is 464 g/mol. The molecule has 0 radical (unpaired) electrons. The number of ether oxygens (including phenoxy) is 1. The number of carbonyl (C=O) groups is 1. The van der Waals surface area contributed by atoms with Crippen LogP contribution in [0.4, 0.5) is 5.69 Å². The fourth-order valence-corrected chi connectivity index (χ4v) is 5.31. The van der Waals surface area contributed by atoms with Crippen molar-refractivity contribution in [2.75, 3.05) is 12.8 Å². The predicted octanol–water partition coefficient (Wildman–Crippen LogP) is 7.07. The zero-order chi connectivity index (χ0) is 23.8. The van der Waals surface area contributed by atoms with Gasteiger partial charge in [-0.2, -0.15) is 0 Å². The SMILES string of the molecule is COc1ccc(-c2cc(-c3ccccc3)nc3sc(C(=O)c4ccc(C)cc4C)c(N)c23)cc1. The van der Waals surface area contributed by atoms with Gasteiger partial charge in [0.15, 0.2) is 0 Å². The Morgan fingerprint density at radius 1 is 0.912 bits per heavy atom. The summed E-state index contributed by atoms with van der Waals surface area (Å²) in [6.45, 7) is 3.98. The average Bonchev–Trinajstić information content (AvgIpc) is 3.20. The van der Waals surface area contributed by atoms with E-state index >= 15 is 0 Å². The number of rotatable bonds is 5. The number of aryl methyl sites for hydroxylation is 2. The molecule has 4 nitrogen and oxygen atoms in total. The molecule has 0 aliphatic carbocycles. The quantitative estimate of drug-likeness (QED) is 0.283. The second-order valence-electron chi connectivity index (χ2n) is 8.32. The molecule has 5 rings (SSSR count). The first-order chi connectivity index (χ1) is 16.5. The summed E-state index contributed by atoms with van der Waals surface area (Å²) in [4.78, 5) is 19.7. The summed E-state index contributed by atoms with van der Waals surface area (Å²) in [5.74, 6) is 0.710. The Bertz CT molecular complexity index is 1520. The van der Waals surface area contributed by atoms with Crippen molar-refractivity contribution >= 4 is 33.0 Å². The van der Waals surface area contributed by atoms with Crippen LogP contribution in [0.25, 0.3) is 32.6 Å². The van der Waals surface area contributed by atoms with Gasteiger partial charge >= 0.3 is 0 Å². The van der Waals surface area contributed by atoms with E-state index in [0.717, 1.165) is 49.5 Å². The minimum absolute atomic E-state index is 0.0695. The molecule has 0 amide bonds. The number of nitrogens with two attached hydrogens (primary N) is 1. The maximum atomic E-state index is 13.5. The van der Waals surface area contributed by atoms with Gasteiger partial charge in [-0.3, -0.25) is 4.79 Å². The van der Waals surface area contributed by atoms with Crippen LogP contribution in [0.5, 0.6) is 5.75 Å². The molecule has 2 aromatic heterocycles. The number of ketones is 1. The lowest BCUT2D eigenvalue weighted by molar-refractivity contribution is 0.104. The molecule has 0 spiro atoms. The predicted molar refractivity (Wildman–Crippen MR) is 141 cm³/mol. The molecule has 0 fully saturated rings. The van der Waals surface area contributed by atoms with E-state index in [9.17, 15) is 4.79 Å². The second kappa shape index (κ2) is 8.76. The summed E-state index contributed by atoms with van der Waals surface area (Å²) in [5.41, 5.74) is 13.6. The van der Waals surface area contributed by atoms with Gasteiger partial charge in [0.2, 0.25) is 5.78 Å². The molecule has 5 aromatic rings. The Balaban J connectivity index is 1.74. The van der Waals surface area contributed by atoms with Crippen molar-refractivity contribution in [3.8, 4) is 28.1 Å². The first-order valence-corrected chi connectivity index (χ1v) is 11.8. The van der Waals surface area contributed by atoms with Crippen molar-refractivity contribution in [1.82, 2.24) is 4.98 Å². The third-order valence-corrected chi connectivity index (χ3v) is 7.10. The summed E-state index contributed by atoms with van der Waals surface area (Å²) in [6, 6.07) is 25.8. The van der Waals surface area contributed by atoms with E-state index < -0.39 is 0 Å². The van der Waals surface area contributed by atoms with E-state index in [1.165, 1.54) is 11.3 Å². The van der Waals surface area contributed by atoms with Gasteiger partial charge in [-0.05, 0) is 48.7 Å². The van der Waals surface area contributed by atoms with Crippen molar-refractivity contribution < 1.29 is 9.53 Å². The standard InChI is InChI=1S/C29H24N2O2S/c1-17-9-14-22(18(2)15-17)27(32)28-26(30)25-23(19-10-12-21(33-3)13-11-19)16-24(31-29(25)34-28)20-7-5-4-6-8-20/h4-16H,30H2,1-3H3. The van der Waals surface area contributed by atoms with Crippen LogP contribution >= 0.6 is 11.3 Å². The second-order valence-corrected chi connectivity index (χ2v) is 9.32. The zero-order valence-corrected chi connectivity index (χ0v) is 20.1. The van der Waals surface area contributed by atoms with Gasteiger partial charge in [0.1, 0.15) is 15.5 Å². The molecule has 5 heteroatoms. The van der Waals surface area contributed by atoms with Gasteiger partial charge in [-0.25, -0.2) is 4.98 Å². The van der Waals surface area contributed by atoms with Crippen LogP contribution in [0.15, 0.2) is 78.9 Å². The van der Waals surface area contributed by atoms with Gasteiger partial charge in [0.25, 0.3) is 0 Å². The van der Waals surface area contributed by atoms with Crippen LogP contribution in [-0.2, 0) is 0 Å². The van der Waals surface area contributed by atoms with Gasteiger partial charge in [-0.1, -0.05) is 66.2 Å². The van der Waals surface area contributed by atoms with E-state index in [4.69, 9.17) is 15.5 Å². The molecule has 0 saturated carbocycles. The van der Waals surface area contributed by atoms with Crippen LogP contribution in [0.3, 0.4) is 0 Å². The lowest BCUT2D eigenvalue weighted by Gasteiger charge is -2.10. The number of anilines is 1. The fourth-order valence-electron chi connectivity index (χ4n) is 4.24. The number of carbonyl (C=O) groups excluding carboxylic acids is 1. The number of benzene rings is 3. The molecule has 0 aliphatic rings. The molecule has 2 heterocycles. The lowest BCUT2D eigenvalue weighted by Crippen LogP contribution is -2.04. The summed E-state index contributed by atoms with van der Waals surface area (Å²) >= 11 is 1.35. The minimum atomic E-state index is -0.0695. The Labute approximate surface area is 202 Å². The van der Waals surface area contributed by atoms with Gasteiger partial charge in [0.05, 0.1) is 18.5 Å². The van der Waals surface area contributed by atoms with Gasteiger partial charge in [0, 0.05) is 16.5 Å². The number of pyridine rings is 1. The van der Waals surface area contributed by atoms with E-state index in [2.05, 4.69) is 0 Å². The van der Waals surface area contributed by atoms with Gasteiger partial charge < -0.3 is 10.5 Å². The average molecular weight is 465 g/mol. The molecule has 0 atom stereocenters. The highest BCUT2D eigenvalue weighted by Crippen LogP contribution is 2.42. The normalized spacial score (nSPS) is 11.0. The zero-order valence-electron chi connectivity index (χ0n) is 19.3. The van der Waals surface area contributed by atoms with Crippen molar-refractivity contribution in [3.63, 3.8) is 0 Å². The summed E-state index contributed by atoms with van der Waals surface area (Å²) in [5, 5.41) is 0.808. The molecule has 3 aromatic carbocycles. The number of hydrogen-bond acceptors (Lipinski definition) is 5. The molecule has 2 N–H and O–H groups in total. The number of methoxy groups -OCH3 is 1. The highest BCUT2D eigenvalue weighted by molar-refractivity contribution is 7.21. The largest absolute Gasteiger partial charge is 0.497 e. The van der Waals surface area contributed by atoms with Crippen LogP contribution in [-0.4, -0.2) is 17.9 Å². The lowest BCUT2D eigenvalue weighted by atomic mass is 9.97. The first kappa shape index (κ1) is 21.9. The third-order valence-electron chi connectivity index (χ3n) is 6.00. The number of fused-ring (bicyclic) bond motifs is 1. The van der Waals surface area contributed by atoms with Crippen molar-refractivity contribution in [2.45, 2.75) is 13.8 Å². The topological polar surface area (TPSA) is 65.2 Å². The Morgan fingerprint density at radius 2 is 1.65 bits per heavy atom. The number of nitrogens with zero attached hydrogens (tertiary/aromatic N) is 1. The van der Waals surface area contributed by atoms with E-state index in [1.54, 1.807) is 7.11 Å². The number of hydrogen-bond donors (Lipinski definition) is 1. The summed E-state index contributed by atoms with van der Waals surface area (Å²) in [7, 11) is 1.65. The molecule has 0 unspecified atom stereocenters. The first-order valence-electron chi connectivity index (χ1n) is 11.0. The smallest absolute Gasteiger partial charge is 0.205 e. The molecule has 0 bridgehead atoms. The summed E-state index contributed by atoms with van der Waals surface area (Å²) < 4.78 is 5.33. The Morgan fingerprint density at radius 3 is 2.32 bits per heavy atom. The van der Waals surface area contributed by atoms with Crippen molar-refractivity contribution in [2.24, 2.45) is 0 Å². The number of nitrogen functional groups attached to an aromatic ring is 1. The maximum absolute atomic E-state index is 13.5. The highest BCUT2D eigenvalue weighted by Gasteiger charge is 2.23. The third kappa shape index (κ3) is 3.84. The van der Waals surface area contributed by atoms with Gasteiger partial charge in [-0.15, -0.1) is 11.3 Å². The minimum Gasteiger partial charge on any atom is -0.497 e. The van der Waals surface area contributed by atoms with Crippen LogP contribution < -0.4 is 10.5 Å². The fraction of sp³-hybridized carbons (Fsp3) is 0.103. The molecule has 34 heavy (non-hydrogen) atoms. The maximum Gasteiger partial charge on any atom is 0.205 e. The van der Waals surface area contributed by atoms with Crippen molar-refractivity contribution in [1.29, 1.82) is 0 Å². The molecular formula is C29H24N2O2S. The molecule has 0 saturated heterocycles. The van der Waals surface area contributed by atoms with Crippen LogP contribution in [0.1, 0.15) is 26.4 Å². The van der Waals surface area contributed by atoms with Crippen LogP contribution in [0, 0.1) is 13.8 Å². The van der Waals surface area contributed by atoms with Crippen molar-refractivity contribution in [3.05, 3.63) is 100 Å². The van der Waals surface area contributed by atoms with E-state index in [-0.39, 0.29) is 5.78 Å². The highest BCUT2D eigenvalue weighted by atomic mass is 32.1. The van der Waals surface area contributed by atoms with Crippen LogP contribution in [0.2, 0.25) is 0 Å². The summed E-state index contributed by atoms with van der Waals surface area (Å²) in [6.07, 6.45) is 0. The Hall–Kier alpha value is -3.96. The molecule has 168 valence electrons. The Kier molecular flexibility index (Phi) is 5.64.